The number of fused-ring (bicyclic) bond motifs is 2. The second-order valence-corrected chi connectivity index (χ2v) is 10.2. The summed E-state index contributed by atoms with van der Waals surface area (Å²) in [5.41, 5.74) is -1.23. The van der Waals surface area contributed by atoms with Crippen molar-refractivity contribution in [3.05, 3.63) is 36.6 Å². The maximum Gasteiger partial charge on any atom is 0.410 e. The van der Waals surface area contributed by atoms with Crippen molar-refractivity contribution in [2.24, 2.45) is 5.92 Å². The highest BCUT2D eigenvalue weighted by Crippen LogP contribution is 2.47. The van der Waals surface area contributed by atoms with Gasteiger partial charge in [0.2, 0.25) is 5.15 Å². The van der Waals surface area contributed by atoms with Gasteiger partial charge in [-0.25, -0.2) is 14.2 Å². The van der Waals surface area contributed by atoms with E-state index in [0.29, 0.717) is 6.54 Å². The summed E-state index contributed by atoms with van der Waals surface area (Å²) in [4.78, 5) is 29.1. The van der Waals surface area contributed by atoms with E-state index < -0.39 is 33.3 Å². The van der Waals surface area contributed by atoms with E-state index in [1.165, 1.54) is 6.07 Å². The molecular weight excluding hydrogens is 518 g/mol. The Morgan fingerprint density at radius 2 is 2.13 bits per heavy atom. The Morgan fingerprint density at radius 1 is 1.45 bits per heavy atom. The average Bonchev–Trinajstić information content (AvgIpc) is 3.23. The Kier molecular flexibility index (Phi) is 5.46. The normalized spacial score (nSPS) is 22.4. The molecule has 2 aliphatic heterocycles. The molecule has 3 atom stereocenters. The molecule has 12 heteroatoms. The van der Waals surface area contributed by atoms with Gasteiger partial charge in [0.25, 0.3) is 0 Å². The number of nitro groups is 1. The number of carbonyl (C=O) groups is 1. The van der Waals surface area contributed by atoms with E-state index in [4.69, 9.17) is 27.9 Å². The largest absolute Gasteiger partial charge is 0.444 e. The van der Waals surface area contributed by atoms with Crippen LogP contribution in [0.4, 0.5) is 20.6 Å². The molecule has 0 radical (unpaired) electrons. The predicted octanol–water partition coefficient (Wildman–Crippen LogP) is 5.77. The molecule has 31 heavy (non-hydrogen) atoms. The maximum atomic E-state index is 14.8. The topological polar surface area (TPSA) is 97.6 Å². The van der Waals surface area contributed by atoms with E-state index in [1.54, 1.807) is 25.7 Å². The fraction of sp³-hybridized carbons (Fsp3) is 0.474. The zero-order valence-electron chi connectivity index (χ0n) is 16.7. The summed E-state index contributed by atoms with van der Waals surface area (Å²) in [6, 6.07) is 0.908. The molecule has 5 rings (SSSR count). The third-order valence-electron chi connectivity index (χ3n) is 5.47. The first-order valence-electron chi connectivity index (χ1n) is 9.46. The average molecular weight is 536 g/mol. The number of aromatic nitrogens is 1. The van der Waals surface area contributed by atoms with E-state index in [-0.39, 0.29) is 44.1 Å². The third-order valence-corrected chi connectivity index (χ3v) is 7.03. The van der Waals surface area contributed by atoms with Gasteiger partial charge in [-0.15, -0.1) is 0 Å². The van der Waals surface area contributed by atoms with Crippen LogP contribution in [-0.2, 0) is 4.74 Å². The number of hydrogen-bond donors (Lipinski definition) is 1. The minimum absolute atomic E-state index is 0.00940. The molecule has 0 unspecified atom stereocenters. The number of hydrogen-bond acceptors (Lipinski definition) is 6. The zero-order valence-corrected chi connectivity index (χ0v) is 19.8. The molecule has 1 saturated carbocycles. The van der Waals surface area contributed by atoms with Crippen LogP contribution in [0.3, 0.4) is 0 Å². The summed E-state index contributed by atoms with van der Waals surface area (Å²) >= 11 is 15.2. The minimum atomic E-state index is -0.769. The van der Waals surface area contributed by atoms with Gasteiger partial charge in [-0.2, -0.15) is 0 Å². The van der Waals surface area contributed by atoms with Gasteiger partial charge in [-0.3, -0.25) is 10.1 Å². The Hall–Kier alpha value is -1.91. The molecule has 1 aliphatic carbocycles. The molecule has 1 aromatic carbocycles. The third kappa shape index (κ3) is 3.78. The van der Waals surface area contributed by atoms with Gasteiger partial charge in [0.15, 0.2) is 5.82 Å². The van der Waals surface area contributed by atoms with Crippen LogP contribution < -0.4 is 5.32 Å². The number of pyridine rings is 1. The number of halogens is 4. The van der Waals surface area contributed by atoms with E-state index in [0.717, 1.165) is 6.42 Å². The van der Waals surface area contributed by atoms with E-state index in [9.17, 15) is 19.3 Å². The summed E-state index contributed by atoms with van der Waals surface area (Å²) in [5.74, 6) is -0.704. The van der Waals surface area contributed by atoms with Gasteiger partial charge in [0, 0.05) is 17.8 Å². The molecule has 3 heterocycles. The molecule has 8 nitrogen and oxygen atoms in total. The first kappa shape index (κ1) is 22.3. The Bertz CT molecular complexity index is 1130. The molecule has 166 valence electrons. The lowest BCUT2D eigenvalue weighted by Crippen LogP contribution is -2.50. The first-order valence-corrected chi connectivity index (χ1v) is 11.0. The number of amides is 1. The molecule has 1 N–H and O–H groups in total. The smallest absolute Gasteiger partial charge is 0.410 e. The number of nitrogens with one attached hydrogen (secondary N) is 1. The highest BCUT2D eigenvalue weighted by Gasteiger charge is 2.55. The molecule has 3 fully saturated rings. The number of ether oxygens (including phenoxy) is 1. The van der Waals surface area contributed by atoms with Crippen LogP contribution in [0.5, 0.6) is 0 Å². The van der Waals surface area contributed by atoms with Crippen molar-refractivity contribution in [3.63, 3.8) is 0 Å². The second kappa shape index (κ2) is 7.60. The Balaban J connectivity index is 1.73. The summed E-state index contributed by atoms with van der Waals surface area (Å²) in [6.45, 7) is 5.81. The molecule has 3 aliphatic rings. The molecular formula is C19H18BrCl2FN4O4. The van der Waals surface area contributed by atoms with E-state index >= 15 is 0 Å². The number of benzene rings is 1. The van der Waals surface area contributed by atoms with Crippen molar-refractivity contribution in [1.82, 2.24) is 9.88 Å². The molecule has 2 aromatic rings. The lowest BCUT2D eigenvalue weighted by atomic mass is 9.79. The highest BCUT2D eigenvalue weighted by molar-refractivity contribution is 9.10. The molecule has 1 aromatic heterocycles. The number of anilines is 1. The fourth-order valence-electron chi connectivity index (χ4n) is 4.11. The van der Waals surface area contributed by atoms with Gasteiger partial charge in [0.05, 0.1) is 26.5 Å². The molecule has 2 bridgehead atoms. The van der Waals surface area contributed by atoms with Gasteiger partial charge in [-0.05, 0) is 49.2 Å². The maximum absolute atomic E-state index is 14.8. The van der Waals surface area contributed by atoms with E-state index in [2.05, 4.69) is 26.2 Å². The number of nitrogens with zero attached hydrogens (tertiary/aromatic N) is 3. The summed E-state index contributed by atoms with van der Waals surface area (Å²) in [6.07, 6.45) is 0.303. The van der Waals surface area contributed by atoms with Crippen LogP contribution in [-0.4, -0.2) is 45.1 Å². The summed E-state index contributed by atoms with van der Waals surface area (Å²) in [7, 11) is 0. The van der Waals surface area contributed by atoms with Crippen LogP contribution in [0.25, 0.3) is 10.9 Å². The predicted molar refractivity (Wildman–Crippen MR) is 118 cm³/mol. The monoisotopic (exact) mass is 534 g/mol. The van der Waals surface area contributed by atoms with Crippen LogP contribution in [0, 0.1) is 21.8 Å². The van der Waals surface area contributed by atoms with Gasteiger partial charge in [-0.1, -0.05) is 23.2 Å². The lowest BCUT2D eigenvalue weighted by Gasteiger charge is -2.37. The minimum Gasteiger partial charge on any atom is -0.444 e. The molecule has 0 spiro atoms. The molecule has 2 saturated heterocycles. The summed E-state index contributed by atoms with van der Waals surface area (Å²) in [5, 5.41) is 14.6. The van der Waals surface area contributed by atoms with Gasteiger partial charge < -0.3 is 15.0 Å². The summed E-state index contributed by atoms with van der Waals surface area (Å²) < 4.78 is 20.2. The standard InChI is InChI=1S/C19H18BrCl2FN4O4/c1-19(2,3)31-18(28)26-6-7-4-10(26)13(7)24-15-8-5-9(21)11(20)12(23)14(8)25-17(22)16(15)27(29)30/h5,7,10,13H,4,6H2,1-3H3,(H,24,25)/t7-,10-,13+/m1/s1. The Labute approximate surface area is 195 Å². The lowest BCUT2D eigenvalue weighted by molar-refractivity contribution is -0.384. The van der Waals surface area contributed by atoms with Crippen molar-refractivity contribution >= 4 is 67.5 Å². The Morgan fingerprint density at radius 3 is 2.74 bits per heavy atom. The van der Waals surface area contributed by atoms with Crippen LogP contribution in [0.2, 0.25) is 10.2 Å². The second-order valence-electron chi connectivity index (χ2n) is 8.63. The first-order chi connectivity index (χ1) is 14.4. The van der Waals surface area contributed by atoms with Crippen LogP contribution >= 0.6 is 39.1 Å². The molecule has 1 amide bonds. The van der Waals surface area contributed by atoms with Crippen molar-refractivity contribution < 1.29 is 18.8 Å². The van der Waals surface area contributed by atoms with Crippen molar-refractivity contribution in [1.29, 1.82) is 0 Å². The van der Waals surface area contributed by atoms with Crippen molar-refractivity contribution in [2.45, 2.75) is 44.9 Å². The zero-order chi connectivity index (χ0) is 22.8. The number of rotatable bonds is 3. The SMILES string of the molecule is CC(C)(C)OC(=O)N1C[C@H]2C[C@@H]1[C@H]2Nc1c([N+](=O)[O-])c(Cl)nc2c(F)c(Br)c(Cl)cc12. The quantitative estimate of drug-likeness (QED) is 0.232. The fourth-order valence-corrected chi connectivity index (χ4v) is 4.85. The van der Waals surface area contributed by atoms with E-state index in [1.807, 2.05) is 0 Å². The van der Waals surface area contributed by atoms with Crippen LogP contribution in [0.15, 0.2) is 10.5 Å². The van der Waals surface area contributed by atoms with Crippen molar-refractivity contribution in [3.8, 4) is 0 Å². The van der Waals surface area contributed by atoms with Crippen LogP contribution in [0.1, 0.15) is 27.2 Å². The van der Waals surface area contributed by atoms with Gasteiger partial charge in [0.1, 0.15) is 16.8 Å². The van der Waals surface area contributed by atoms with Gasteiger partial charge >= 0.3 is 11.8 Å². The number of carbonyl (C=O) groups excluding carboxylic acids is 1. The van der Waals surface area contributed by atoms with Crippen molar-refractivity contribution in [2.75, 3.05) is 11.9 Å². The highest BCUT2D eigenvalue weighted by atomic mass is 79.9.